The zero-order chi connectivity index (χ0) is 17.1. The van der Waals surface area contributed by atoms with Crippen LogP contribution in [0.5, 0.6) is 5.75 Å². The summed E-state index contributed by atoms with van der Waals surface area (Å²) in [7, 11) is 0. The number of nitrogens with zero attached hydrogens (tertiary/aromatic N) is 1. The van der Waals surface area contributed by atoms with Crippen molar-refractivity contribution in [2.24, 2.45) is 0 Å². The first-order chi connectivity index (χ1) is 11.5. The minimum atomic E-state index is -2.86. The van der Waals surface area contributed by atoms with Gasteiger partial charge < -0.3 is 19.6 Å². The summed E-state index contributed by atoms with van der Waals surface area (Å²) < 4.78 is 28.4. The largest absolute Gasteiger partial charge is 0.545 e. The summed E-state index contributed by atoms with van der Waals surface area (Å²) in [4.78, 5) is 18.3. The fourth-order valence-corrected chi connectivity index (χ4v) is 2.23. The number of ether oxygens (including phenoxy) is 1. The number of imidazole rings is 1. The lowest BCUT2D eigenvalue weighted by Crippen LogP contribution is -2.22. The first-order valence-electron chi connectivity index (χ1n) is 6.96. The zero-order valence-corrected chi connectivity index (χ0v) is 12.2. The van der Waals surface area contributed by atoms with Gasteiger partial charge >= 0.3 is 6.61 Å². The summed E-state index contributed by atoms with van der Waals surface area (Å²) >= 11 is 0. The lowest BCUT2D eigenvalue weighted by Gasteiger charge is -2.03. The molecule has 0 saturated carbocycles. The van der Waals surface area contributed by atoms with Crippen molar-refractivity contribution in [3.63, 3.8) is 0 Å². The maximum atomic E-state index is 12.1. The van der Waals surface area contributed by atoms with E-state index in [1.807, 2.05) is 0 Å². The number of aromatic amines is 1. The van der Waals surface area contributed by atoms with Gasteiger partial charge in [-0.25, -0.2) is 4.98 Å². The molecule has 122 valence electrons. The number of para-hydroxylation sites is 1. The van der Waals surface area contributed by atoms with Gasteiger partial charge in [-0.15, -0.1) is 0 Å². The third-order valence-electron chi connectivity index (χ3n) is 3.29. The number of aromatic carboxylic acids is 1. The van der Waals surface area contributed by atoms with Crippen LogP contribution in [-0.4, -0.2) is 22.5 Å². The number of nitrogens with one attached hydrogen (secondary N) is 1. The standard InChI is InChI=1S/C17H12F2N2O3/c18-17(19)24-11-7-4-10(5-8-11)6-9-14-20-13-3-1-2-12(16(22)23)15(13)21-14/h1-9,17H,(H,20,21)(H,22,23)/p-1/b9-6+. The molecule has 1 aromatic heterocycles. The number of carboxylic acids is 1. The number of carbonyl (C=O) groups is 1. The number of H-pyrrole nitrogens is 1. The minimum absolute atomic E-state index is 0.0110. The first-order valence-corrected chi connectivity index (χ1v) is 6.96. The summed E-state index contributed by atoms with van der Waals surface area (Å²) in [6.07, 6.45) is 3.37. The molecule has 3 aromatic rings. The summed E-state index contributed by atoms with van der Waals surface area (Å²) in [6.45, 7) is -2.86. The van der Waals surface area contributed by atoms with Crippen LogP contribution in [0.1, 0.15) is 21.7 Å². The Morgan fingerprint density at radius 2 is 1.92 bits per heavy atom. The summed E-state index contributed by atoms with van der Waals surface area (Å²) in [5, 5.41) is 11.1. The molecule has 0 aliphatic rings. The predicted octanol–water partition coefficient (Wildman–Crippen LogP) is 2.70. The monoisotopic (exact) mass is 329 g/mol. The highest BCUT2D eigenvalue weighted by molar-refractivity contribution is 6.00. The number of halogens is 2. The lowest BCUT2D eigenvalue weighted by molar-refractivity contribution is -0.254. The molecule has 0 bridgehead atoms. The molecule has 3 rings (SSSR count). The Balaban J connectivity index is 1.83. The lowest BCUT2D eigenvalue weighted by atomic mass is 10.2. The van der Waals surface area contributed by atoms with Crippen LogP contribution in [0, 0.1) is 0 Å². The zero-order valence-electron chi connectivity index (χ0n) is 12.2. The predicted molar refractivity (Wildman–Crippen MR) is 82.4 cm³/mol. The van der Waals surface area contributed by atoms with Gasteiger partial charge in [0.2, 0.25) is 0 Å². The van der Waals surface area contributed by atoms with E-state index in [0.29, 0.717) is 16.9 Å². The second kappa shape index (κ2) is 6.49. The van der Waals surface area contributed by atoms with Crippen molar-refractivity contribution < 1.29 is 23.4 Å². The fraction of sp³-hybridized carbons (Fsp3) is 0.0588. The third-order valence-corrected chi connectivity index (χ3v) is 3.29. The number of carbonyl (C=O) groups excluding carboxylic acids is 1. The molecule has 24 heavy (non-hydrogen) atoms. The van der Waals surface area contributed by atoms with Crippen molar-refractivity contribution in [3.8, 4) is 5.75 Å². The van der Waals surface area contributed by atoms with Gasteiger partial charge in [0.15, 0.2) is 0 Å². The molecular weight excluding hydrogens is 318 g/mol. The van der Waals surface area contributed by atoms with E-state index in [1.165, 1.54) is 18.2 Å². The molecule has 0 fully saturated rings. The number of hydrogen-bond donors (Lipinski definition) is 1. The molecule has 1 N–H and O–H groups in total. The first kappa shape index (κ1) is 15.7. The normalized spacial score (nSPS) is 11.5. The molecule has 5 nitrogen and oxygen atoms in total. The van der Waals surface area contributed by atoms with Crippen LogP contribution in [-0.2, 0) is 0 Å². The Hall–Kier alpha value is -3.22. The molecular formula is C17H11F2N2O3-. The number of benzene rings is 2. The van der Waals surface area contributed by atoms with Crippen LogP contribution >= 0.6 is 0 Å². The van der Waals surface area contributed by atoms with Crippen molar-refractivity contribution in [1.29, 1.82) is 0 Å². The molecule has 1 heterocycles. The Bertz CT molecular complexity index is 902. The van der Waals surface area contributed by atoms with Crippen LogP contribution in [0.2, 0.25) is 0 Å². The maximum Gasteiger partial charge on any atom is 0.387 e. The Kier molecular flexibility index (Phi) is 4.24. The van der Waals surface area contributed by atoms with Gasteiger partial charge in [0.25, 0.3) is 0 Å². The molecule has 0 aliphatic heterocycles. The van der Waals surface area contributed by atoms with Crippen molar-refractivity contribution in [3.05, 3.63) is 59.4 Å². The van der Waals surface area contributed by atoms with Gasteiger partial charge in [-0.05, 0) is 29.8 Å². The summed E-state index contributed by atoms with van der Waals surface area (Å²) in [6, 6.07) is 10.8. The van der Waals surface area contributed by atoms with E-state index in [0.717, 1.165) is 5.56 Å². The van der Waals surface area contributed by atoms with Crippen LogP contribution in [0.3, 0.4) is 0 Å². The van der Waals surface area contributed by atoms with Gasteiger partial charge in [-0.1, -0.05) is 30.3 Å². The topological polar surface area (TPSA) is 78.0 Å². The number of hydrogen-bond acceptors (Lipinski definition) is 4. The number of rotatable bonds is 5. The number of carboxylic acid groups (broad SMARTS) is 1. The Morgan fingerprint density at radius 3 is 2.58 bits per heavy atom. The Labute approximate surface area is 135 Å². The molecule has 0 radical (unpaired) electrons. The number of fused-ring (bicyclic) bond motifs is 1. The maximum absolute atomic E-state index is 12.1. The van der Waals surface area contributed by atoms with E-state index in [4.69, 9.17) is 0 Å². The van der Waals surface area contributed by atoms with Crippen molar-refractivity contribution in [2.75, 3.05) is 0 Å². The van der Waals surface area contributed by atoms with Crippen LogP contribution in [0.15, 0.2) is 42.5 Å². The van der Waals surface area contributed by atoms with E-state index in [1.54, 1.807) is 36.4 Å². The SMILES string of the molecule is O=C([O-])c1cccc2[nH]c(/C=C/c3ccc(OC(F)F)cc3)nc12. The molecule has 0 saturated heterocycles. The molecule has 7 heteroatoms. The molecule has 2 aromatic carbocycles. The van der Waals surface area contributed by atoms with Crippen molar-refractivity contribution >= 4 is 29.2 Å². The second-order valence-corrected chi connectivity index (χ2v) is 4.89. The van der Waals surface area contributed by atoms with E-state index in [-0.39, 0.29) is 11.3 Å². The third kappa shape index (κ3) is 3.40. The number of alkyl halides is 2. The minimum Gasteiger partial charge on any atom is -0.545 e. The fourth-order valence-electron chi connectivity index (χ4n) is 2.23. The van der Waals surface area contributed by atoms with Gasteiger partial charge in [0.05, 0.1) is 17.0 Å². The quantitative estimate of drug-likeness (QED) is 0.781. The smallest absolute Gasteiger partial charge is 0.387 e. The average Bonchev–Trinajstić information content (AvgIpc) is 2.96. The average molecular weight is 329 g/mol. The van der Waals surface area contributed by atoms with Crippen LogP contribution in [0.25, 0.3) is 23.2 Å². The highest BCUT2D eigenvalue weighted by atomic mass is 19.3. The second-order valence-electron chi connectivity index (χ2n) is 4.89. The van der Waals surface area contributed by atoms with Gasteiger partial charge in [-0.3, -0.25) is 0 Å². The van der Waals surface area contributed by atoms with E-state index in [2.05, 4.69) is 14.7 Å². The highest BCUT2D eigenvalue weighted by Crippen LogP contribution is 2.19. The molecule has 0 amide bonds. The number of aromatic nitrogens is 2. The Morgan fingerprint density at radius 1 is 1.17 bits per heavy atom. The molecule has 0 unspecified atom stereocenters. The van der Waals surface area contributed by atoms with Gasteiger partial charge in [-0.2, -0.15) is 8.78 Å². The summed E-state index contributed by atoms with van der Waals surface area (Å²) in [5.74, 6) is -0.756. The molecule has 0 spiro atoms. The van der Waals surface area contributed by atoms with Crippen LogP contribution < -0.4 is 9.84 Å². The van der Waals surface area contributed by atoms with E-state index < -0.39 is 12.6 Å². The summed E-state index contributed by atoms with van der Waals surface area (Å²) in [5.41, 5.74) is 1.66. The van der Waals surface area contributed by atoms with Crippen molar-refractivity contribution in [1.82, 2.24) is 9.97 Å². The van der Waals surface area contributed by atoms with Gasteiger partial charge in [0.1, 0.15) is 11.6 Å². The molecule has 0 atom stereocenters. The molecule has 0 aliphatic carbocycles. The highest BCUT2D eigenvalue weighted by Gasteiger charge is 2.06. The van der Waals surface area contributed by atoms with E-state index >= 15 is 0 Å². The van der Waals surface area contributed by atoms with E-state index in [9.17, 15) is 18.7 Å². The van der Waals surface area contributed by atoms with Crippen molar-refractivity contribution in [2.45, 2.75) is 6.61 Å². The van der Waals surface area contributed by atoms with Gasteiger partial charge in [0, 0.05) is 5.56 Å². The van der Waals surface area contributed by atoms with Crippen LogP contribution in [0.4, 0.5) is 8.78 Å².